The highest BCUT2D eigenvalue weighted by Crippen LogP contribution is 2.38. The number of alkyl halides is 3. The molecule has 1 aromatic carbocycles. The molecule has 0 fully saturated rings. The van der Waals surface area contributed by atoms with E-state index in [1.54, 1.807) is 6.07 Å². The maximum atomic E-state index is 12.6. The lowest BCUT2D eigenvalue weighted by molar-refractivity contribution is -0.171. The van der Waals surface area contributed by atoms with Gasteiger partial charge in [0.15, 0.2) is 0 Å². The maximum Gasteiger partial charge on any atom is 0.472 e. The number of fused-ring (bicyclic) bond motifs is 1. The zero-order valence-electron chi connectivity index (χ0n) is 10.3. The van der Waals surface area contributed by atoms with Crippen molar-refractivity contribution in [3.8, 4) is 0 Å². The fourth-order valence-electron chi connectivity index (χ4n) is 2.10. The van der Waals surface area contributed by atoms with Gasteiger partial charge in [0, 0.05) is 17.9 Å². The summed E-state index contributed by atoms with van der Waals surface area (Å²) in [5, 5.41) is 2.90. The molecule has 0 aromatic heterocycles. The monoisotopic (exact) mass is 350 g/mol. The summed E-state index contributed by atoms with van der Waals surface area (Å²) >= 11 is 3.17. The average molecular weight is 351 g/mol. The number of hydrogen-bond donors (Lipinski definition) is 1. The first-order valence-electron chi connectivity index (χ1n) is 5.70. The number of amides is 2. The van der Waals surface area contributed by atoms with Gasteiger partial charge in [-0.15, -0.1) is 0 Å². The predicted molar refractivity (Wildman–Crippen MR) is 70.6 cm³/mol. The SMILES string of the molecule is CC(=O)N(C(=O)C(F)(F)F)c1cc(Br)cc2c1NCC2. The Kier molecular flexibility index (Phi) is 3.77. The molecule has 0 unspecified atom stereocenters. The Balaban J connectivity index is 2.57. The molecule has 4 nitrogen and oxygen atoms in total. The van der Waals surface area contributed by atoms with Crippen molar-refractivity contribution in [2.75, 3.05) is 16.8 Å². The van der Waals surface area contributed by atoms with Crippen LogP contribution in [0.3, 0.4) is 0 Å². The van der Waals surface area contributed by atoms with Crippen LogP contribution in [-0.4, -0.2) is 24.5 Å². The van der Waals surface area contributed by atoms with Crippen LogP contribution in [0.2, 0.25) is 0 Å². The number of rotatable bonds is 1. The van der Waals surface area contributed by atoms with Gasteiger partial charge in [-0.25, -0.2) is 4.90 Å². The van der Waals surface area contributed by atoms with Crippen LogP contribution in [0.4, 0.5) is 24.5 Å². The van der Waals surface area contributed by atoms with E-state index >= 15 is 0 Å². The van der Waals surface area contributed by atoms with Crippen LogP contribution in [0.15, 0.2) is 16.6 Å². The van der Waals surface area contributed by atoms with E-state index < -0.39 is 18.0 Å². The molecular weight excluding hydrogens is 341 g/mol. The van der Waals surface area contributed by atoms with Crippen LogP contribution < -0.4 is 10.2 Å². The molecule has 0 spiro atoms. The Labute approximate surface area is 121 Å². The Bertz CT molecular complexity index is 587. The van der Waals surface area contributed by atoms with E-state index in [2.05, 4.69) is 21.2 Å². The van der Waals surface area contributed by atoms with Crippen molar-refractivity contribution in [1.29, 1.82) is 0 Å². The van der Waals surface area contributed by atoms with Crippen molar-refractivity contribution in [1.82, 2.24) is 0 Å². The molecular formula is C12H10BrF3N2O2. The van der Waals surface area contributed by atoms with Crippen LogP contribution in [0.25, 0.3) is 0 Å². The van der Waals surface area contributed by atoms with Gasteiger partial charge in [0.1, 0.15) is 0 Å². The predicted octanol–water partition coefficient (Wildman–Crippen LogP) is 2.86. The van der Waals surface area contributed by atoms with E-state index in [1.165, 1.54) is 6.07 Å². The van der Waals surface area contributed by atoms with Gasteiger partial charge in [-0.1, -0.05) is 15.9 Å². The van der Waals surface area contributed by atoms with E-state index in [9.17, 15) is 22.8 Å². The van der Waals surface area contributed by atoms with Crippen LogP contribution >= 0.6 is 15.9 Å². The lowest BCUT2D eigenvalue weighted by Crippen LogP contribution is -2.44. The molecule has 108 valence electrons. The highest BCUT2D eigenvalue weighted by molar-refractivity contribution is 9.10. The summed E-state index contributed by atoms with van der Waals surface area (Å²) in [5.74, 6) is -3.18. The summed E-state index contributed by atoms with van der Waals surface area (Å²) < 4.78 is 38.4. The normalized spacial score (nSPS) is 13.7. The zero-order chi connectivity index (χ0) is 15.1. The van der Waals surface area contributed by atoms with E-state index in [-0.39, 0.29) is 10.6 Å². The molecule has 0 bridgehead atoms. The first-order valence-corrected chi connectivity index (χ1v) is 6.49. The highest BCUT2D eigenvalue weighted by atomic mass is 79.9. The van der Waals surface area contributed by atoms with E-state index in [0.29, 0.717) is 23.1 Å². The molecule has 2 amide bonds. The summed E-state index contributed by atoms with van der Waals surface area (Å²) in [7, 11) is 0. The van der Waals surface area contributed by atoms with Crippen LogP contribution in [-0.2, 0) is 16.0 Å². The third-order valence-corrected chi connectivity index (χ3v) is 3.32. The summed E-state index contributed by atoms with van der Waals surface area (Å²) in [6.07, 6.45) is -4.49. The van der Waals surface area contributed by atoms with Crippen LogP contribution in [0.1, 0.15) is 12.5 Å². The number of nitrogens with one attached hydrogen (secondary N) is 1. The van der Waals surface area contributed by atoms with Gasteiger partial charge in [-0.2, -0.15) is 13.2 Å². The summed E-state index contributed by atoms with van der Waals surface area (Å²) in [6.45, 7) is 1.47. The smallest absolute Gasteiger partial charge is 0.383 e. The molecule has 0 atom stereocenters. The Morgan fingerprint density at radius 2 is 2.00 bits per heavy atom. The number of carbonyl (C=O) groups excluding carboxylic acids is 2. The molecule has 0 radical (unpaired) electrons. The topological polar surface area (TPSA) is 49.4 Å². The second-order valence-corrected chi connectivity index (χ2v) is 5.21. The van der Waals surface area contributed by atoms with E-state index in [4.69, 9.17) is 0 Å². The molecule has 1 aliphatic rings. The minimum Gasteiger partial charge on any atom is -0.383 e. The molecule has 0 aliphatic carbocycles. The third-order valence-electron chi connectivity index (χ3n) is 2.86. The van der Waals surface area contributed by atoms with Crippen molar-refractivity contribution in [2.45, 2.75) is 19.5 Å². The summed E-state index contributed by atoms with van der Waals surface area (Å²) in [4.78, 5) is 23.1. The van der Waals surface area contributed by atoms with Gasteiger partial charge in [-0.3, -0.25) is 9.59 Å². The number of anilines is 2. The molecule has 1 N–H and O–H groups in total. The number of carbonyl (C=O) groups is 2. The lowest BCUT2D eigenvalue weighted by atomic mass is 10.1. The fourth-order valence-corrected chi connectivity index (χ4v) is 2.59. The Hall–Kier alpha value is -1.57. The van der Waals surface area contributed by atoms with E-state index in [1.807, 2.05) is 0 Å². The van der Waals surface area contributed by atoms with Crippen molar-refractivity contribution in [3.63, 3.8) is 0 Å². The van der Waals surface area contributed by atoms with Gasteiger partial charge < -0.3 is 5.32 Å². The fraction of sp³-hybridized carbons (Fsp3) is 0.333. The Morgan fingerprint density at radius 1 is 1.35 bits per heavy atom. The largest absolute Gasteiger partial charge is 0.472 e. The van der Waals surface area contributed by atoms with Gasteiger partial charge in [0.05, 0.1) is 11.4 Å². The van der Waals surface area contributed by atoms with Gasteiger partial charge >= 0.3 is 12.1 Å². The Morgan fingerprint density at radius 3 is 2.55 bits per heavy atom. The summed E-state index contributed by atoms with van der Waals surface area (Å²) in [6, 6.07) is 3.07. The van der Waals surface area contributed by atoms with Crippen LogP contribution in [0.5, 0.6) is 0 Å². The van der Waals surface area contributed by atoms with Crippen molar-refractivity contribution >= 4 is 39.1 Å². The number of hydrogen-bond acceptors (Lipinski definition) is 3. The molecule has 1 aliphatic heterocycles. The minimum absolute atomic E-state index is 0.0818. The molecule has 0 saturated carbocycles. The number of nitrogens with zero attached hydrogens (tertiary/aromatic N) is 1. The van der Waals surface area contributed by atoms with Gasteiger partial charge in [0.25, 0.3) is 0 Å². The van der Waals surface area contributed by atoms with Gasteiger partial charge in [-0.05, 0) is 24.1 Å². The first kappa shape index (κ1) is 14.8. The number of halogens is 4. The minimum atomic E-state index is -5.11. The molecule has 20 heavy (non-hydrogen) atoms. The van der Waals surface area contributed by atoms with Crippen molar-refractivity contribution in [2.24, 2.45) is 0 Å². The third kappa shape index (κ3) is 2.65. The van der Waals surface area contributed by atoms with E-state index in [0.717, 1.165) is 12.5 Å². The maximum absolute atomic E-state index is 12.6. The summed E-state index contributed by atoms with van der Waals surface area (Å²) in [5.41, 5.74) is 1.07. The second kappa shape index (κ2) is 5.08. The number of benzene rings is 1. The van der Waals surface area contributed by atoms with Crippen molar-refractivity contribution in [3.05, 3.63) is 22.2 Å². The first-order chi connectivity index (χ1) is 9.21. The lowest BCUT2D eigenvalue weighted by Gasteiger charge is -2.23. The molecule has 1 heterocycles. The molecule has 2 rings (SSSR count). The standard InChI is InChI=1S/C12H10BrF3N2O2/c1-6(19)18(11(20)12(14,15)16)9-5-8(13)4-7-2-3-17-10(7)9/h4-5,17H,2-3H2,1H3. The molecule has 0 saturated heterocycles. The second-order valence-electron chi connectivity index (χ2n) is 4.29. The molecule has 1 aromatic rings. The molecule has 8 heteroatoms. The van der Waals surface area contributed by atoms with Gasteiger partial charge in [0.2, 0.25) is 5.91 Å². The van der Waals surface area contributed by atoms with Crippen LogP contribution in [0, 0.1) is 0 Å². The quantitative estimate of drug-likeness (QED) is 0.847. The zero-order valence-corrected chi connectivity index (χ0v) is 11.9. The number of imide groups is 1. The average Bonchev–Trinajstić information content (AvgIpc) is 2.74. The highest BCUT2D eigenvalue weighted by Gasteiger charge is 2.45. The van der Waals surface area contributed by atoms with Crippen molar-refractivity contribution < 1.29 is 22.8 Å².